The van der Waals surface area contributed by atoms with Gasteiger partial charge in [0.15, 0.2) is 0 Å². The van der Waals surface area contributed by atoms with Crippen LogP contribution >= 0.6 is 15.6 Å². The zero-order valence-electron chi connectivity index (χ0n) is 4.39. The summed E-state index contributed by atoms with van der Waals surface area (Å²) in [6, 6.07) is 0. The maximum absolute atomic E-state index is 8.88. The molecule has 0 fully saturated rings. The van der Waals surface area contributed by atoms with Gasteiger partial charge in [-0.3, -0.25) is 0 Å². The van der Waals surface area contributed by atoms with Crippen LogP contribution in [0.1, 0.15) is 0 Å². The van der Waals surface area contributed by atoms with Gasteiger partial charge in [0.25, 0.3) is 0 Å². The summed E-state index contributed by atoms with van der Waals surface area (Å²) >= 11 is 0. The fourth-order valence-electron chi connectivity index (χ4n) is 0. The molecule has 66 valence electrons. The van der Waals surface area contributed by atoms with E-state index in [2.05, 4.69) is 0 Å². The van der Waals surface area contributed by atoms with Crippen LogP contribution in [-0.2, 0) is 9.13 Å². The molecule has 0 rings (SSSR count). The standard InChI is InChI=1S/Li.2H3O4P.H/c;2*1-5(2,3)4;/h;2*(H3,1,2,3,4);. The van der Waals surface area contributed by atoms with E-state index in [4.69, 9.17) is 38.5 Å². The van der Waals surface area contributed by atoms with Gasteiger partial charge in [0.1, 0.15) is 0 Å². The van der Waals surface area contributed by atoms with Gasteiger partial charge in [-0.1, -0.05) is 0 Å². The van der Waals surface area contributed by atoms with E-state index in [9.17, 15) is 0 Å². The molecule has 0 aliphatic carbocycles. The molecule has 0 spiro atoms. The summed E-state index contributed by atoms with van der Waals surface area (Å²) in [5, 5.41) is 0. The molecule has 0 aliphatic heterocycles. The maximum atomic E-state index is 8.88. The second-order valence-electron chi connectivity index (χ2n) is 1.03. The molecular formula is H7LiO8P2. The predicted molar refractivity (Wildman–Crippen MR) is 35.7 cm³/mol. The van der Waals surface area contributed by atoms with E-state index in [1.807, 2.05) is 0 Å². The van der Waals surface area contributed by atoms with E-state index in [1.165, 1.54) is 0 Å². The Bertz CT molecular complexity index is 124. The van der Waals surface area contributed by atoms with Crippen LogP contribution in [-0.4, -0.2) is 48.2 Å². The summed E-state index contributed by atoms with van der Waals surface area (Å²) in [6.45, 7) is 0. The first kappa shape index (κ1) is 17.8. The van der Waals surface area contributed by atoms with Gasteiger partial charge in [-0.25, -0.2) is 9.13 Å². The number of rotatable bonds is 0. The second-order valence-corrected chi connectivity index (χ2v) is 3.08. The van der Waals surface area contributed by atoms with Gasteiger partial charge in [-0.05, 0) is 0 Å². The minimum absolute atomic E-state index is 0. The second kappa shape index (κ2) is 6.35. The fourth-order valence-corrected chi connectivity index (χ4v) is 0. The van der Waals surface area contributed by atoms with Gasteiger partial charge in [0.2, 0.25) is 0 Å². The molecule has 0 saturated heterocycles. The monoisotopic (exact) mass is 204 g/mol. The topological polar surface area (TPSA) is 156 Å². The molecular weight excluding hydrogens is 197 g/mol. The van der Waals surface area contributed by atoms with Crippen molar-refractivity contribution < 1.29 is 38.5 Å². The quantitative estimate of drug-likeness (QED) is 0.186. The molecule has 6 N–H and O–H groups in total. The summed E-state index contributed by atoms with van der Waals surface area (Å²) in [6.07, 6.45) is 0. The molecule has 0 aliphatic rings. The van der Waals surface area contributed by atoms with Crippen molar-refractivity contribution in [2.24, 2.45) is 0 Å². The van der Waals surface area contributed by atoms with Crippen LogP contribution in [0.5, 0.6) is 0 Å². The molecule has 11 heavy (non-hydrogen) atoms. The van der Waals surface area contributed by atoms with Gasteiger partial charge in [0.05, 0.1) is 0 Å². The van der Waals surface area contributed by atoms with Crippen molar-refractivity contribution in [1.82, 2.24) is 0 Å². The van der Waals surface area contributed by atoms with Gasteiger partial charge < -0.3 is 29.4 Å². The molecule has 0 heterocycles. The first-order valence-electron chi connectivity index (χ1n) is 1.57. The van der Waals surface area contributed by atoms with Crippen molar-refractivity contribution in [2.45, 2.75) is 0 Å². The Kier molecular flexibility index (Phi) is 10.3. The van der Waals surface area contributed by atoms with E-state index in [0.29, 0.717) is 0 Å². The number of hydrogen-bond donors (Lipinski definition) is 6. The minimum atomic E-state index is -4.64. The molecule has 0 aromatic carbocycles. The molecule has 8 nitrogen and oxygen atoms in total. The Morgan fingerprint density at radius 3 is 0.636 bits per heavy atom. The van der Waals surface area contributed by atoms with Crippen LogP contribution in [0.4, 0.5) is 0 Å². The van der Waals surface area contributed by atoms with Gasteiger partial charge >= 0.3 is 34.5 Å². The number of hydrogen-bond acceptors (Lipinski definition) is 2. The van der Waals surface area contributed by atoms with Crippen LogP contribution in [0.3, 0.4) is 0 Å². The molecule has 0 atom stereocenters. The van der Waals surface area contributed by atoms with Gasteiger partial charge in [0, 0.05) is 0 Å². The third-order valence-electron chi connectivity index (χ3n) is 0. The first-order chi connectivity index (χ1) is 4.00. The van der Waals surface area contributed by atoms with Gasteiger partial charge in [-0.15, -0.1) is 0 Å². The van der Waals surface area contributed by atoms with Crippen LogP contribution in [0.2, 0.25) is 0 Å². The summed E-state index contributed by atoms with van der Waals surface area (Å²) in [4.78, 5) is 43.1. The first-order valence-corrected chi connectivity index (χ1v) is 4.70. The van der Waals surface area contributed by atoms with Crippen molar-refractivity contribution in [3.63, 3.8) is 0 Å². The third kappa shape index (κ3) is 1260. The van der Waals surface area contributed by atoms with Crippen molar-refractivity contribution >= 4 is 34.5 Å². The van der Waals surface area contributed by atoms with Gasteiger partial charge in [-0.2, -0.15) is 0 Å². The third-order valence-corrected chi connectivity index (χ3v) is 0. The fraction of sp³-hybridized carbons (Fsp3) is 0. The molecule has 0 radical (unpaired) electrons. The van der Waals surface area contributed by atoms with Crippen LogP contribution in [0.25, 0.3) is 0 Å². The van der Waals surface area contributed by atoms with E-state index >= 15 is 0 Å². The van der Waals surface area contributed by atoms with Crippen molar-refractivity contribution in [1.29, 1.82) is 0 Å². The van der Waals surface area contributed by atoms with Crippen molar-refractivity contribution in [2.75, 3.05) is 0 Å². The Labute approximate surface area is 73.5 Å². The number of phosphoric acid groups is 2. The van der Waals surface area contributed by atoms with Crippen LogP contribution in [0.15, 0.2) is 0 Å². The van der Waals surface area contributed by atoms with Crippen molar-refractivity contribution in [3.05, 3.63) is 0 Å². The molecule has 0 bridgehead atoms. The SMILES string of the molecule is O=P(O)(O)O.O=P(O)(O)O.[LiH]. The summed E-state index contributed by atoms with van der Waals surface area (Å²) in [5.74, 6) is 0. The normalized spacial score (nSPS) is 10.7. The molecule has 0 unspecified atom stereocenters. The Balaban J connectivity index is -0.000000107. The predicted octanol–water partition coefficient (Wildman–Crippen LogP) is -2.51. The Morgan fingerprint density at radius 2 is 0.636 bits per heavy atom. The van der Waals surface area contributed by atoms with Crippen LogP contribution < -0.4 is 0 Å². The summed E-state index contributed by atoms with van der Waals surface area (Å²) < 4.78 is 17.8. The van der Waals surface area contributed by atoms with Crippen LogP contribution in [0, 0.1) is 0 Å². The zero-order chi connectivity index (χ0) is 9.00. The molecule has 0 amide bonds. The average molecular weight is 204 g/mol. The van der Waals surface area contributed by atoms with E-state index in [0.717, 1.165) is 0 Å². The molecule has 11 heteroatoms. The molecule has 0 aromatic rings. The Morgan fingerprint density at radius 1 is 0.636 bits per heavy atom. The van der Waals surface area contributed by atoms with E-state index < -0.39 is 15.6 Å². The Hall–Kier alpha value is 0.817. The zero-order valence-corrected chi connectivity index (χ0v) is 6.18. The molecule has 0 saturated carbocycles. The van der Waals surface area contributed by atoms with Crippen molar-refractivity contribution in [3.8, 4) is 0 Å². The average Bonchev–Trinajstić information content (AvgIpc) is 1.12. The van der Waals surface area contributed by atoms with E-state index in [-0.39, 0.29) is 18.9 Å². The summed E-state index contributed by atoms with van der Waals surface area (Å²) in [7, 11) is -9.28. The molecule has 0 aromatic heterocycles. The summed E-state index contributed by atoms with van der Waals surface area (Å²) in [5.41, 5.74) is 0. The van der Waals surface area contributed by atoms with E-state index in [1.54, 1.807) is 0 Å².